The summed E-state index contributed by atoms with van der Waals surface area (Å²) in [5.74, 6) is 2.35. The monoisotopic (exact) mass is 157 g/mol. The summed E-state index contributed by atoms with van der Waals surface area (Å²) in [6.45, 7) is 4.69. The molecule has 0 aromatic carbocycles. The highest BCUT2D eigenvalue weighted by molar-refractivity contribution is 4.82. The van der Waals surface area contributed by atoms with Gasteiger partial charge in [0.15, 0.2) is 0 Å². The van der Waals surface area contributed by atoms with Gasteiger partial charge in [0.25, 0.3) is 0 Å². The van der Waals surface area contributed by atoms with E-state index >= 15 is 0 Å². The van der Waals surface area contributed by atoms with E-state index in [1.54, 1.807) is 0 Å². The lowest BCUT2D eigenvalue weighted by Crippen LogP contribution is -2.23. The number of hydrogen-bond donors (Lipinski definition) is 1. The summed E-state index contributed by atoms with van der Waals surface area (Å²) in [4.78, 5) is 5.09. The van der Waals surface area contributed by atoms with Crippen LogP contribution in [0, 0.1) is 12.3 Å². The van der Waals surface area contributed by atoms with Crippen molar-refractivity contribution in [2.24, 2.45) is 0 Å². The van der Waals surface area contributed by atoms with Crippen LogP contribution in [-0.4, -0.2) is 19.4 Å². The molecule has 0 heterocycles. The minimum atomic E-state index is 0.212. The topological polar surface area (TPSA) is 30.5 Å². The summed E-state index contributed by atoms with van der Waals surface area (Å²) in [6.07, 6.45) is 6.14. The van der Waals surface area contributed by atoms with E-state index in [1.807, 2.05) is 6.92 Å². The molecule has 11 heavy (non-hydrogen) atoms. The maximum atomic E-state index is 5.09. The van der Waals surface area contributed by atoms with Crippen molar-refractivity contribution in [1.29, 1.82) is 0 Å². The number of hydrogen-bond acceptors (Lipinski definition) is 3. The molecule has 3 nitrogen and oxygen atoms in total. The van der Waals surface area contributed by atoms with Crippen LogP contribution in [0.4, 0.5) is 0 Å². The molecule has 0 bridgehead atoms. The largest absolute Gasteiger partial charge is 0.352 e. The molecule has 0 radical (unpaired) electrons. The number of terminal acetylenes is 1. The molecular formula is C8H15NO2. The van der Waals surface area contributed by atoms with Crippen molar-refractivity contribution in [2.75, 3.05) is 13.3 Å². The number of rotatable bonds is 6. The second-order valence-corrected chi connectivity index (χ2v) is 2.18. The highest BCUT2D eigenvalue weighted by Crippen LogP contribution is 1.91. The van der Waals surface area contributed by atoms with Gasteiger partial charge in [-0.05, 0) is 13.3 Å². The SMILES string of the molecule is C#CCOCNOC(C)CC. The normalized spacial score (nSPS) is 12.5. The van der Waals surface area contributed by atoms with Gasteiger partial charge in [-0.2, -0.15) is 5.48 Å². The third kappa shape index (κ3) is 7.34. The average molecular weight is 157 g/mol. The maximum absolute atomic E-state index is 5.09. The van der Waals surface area contributed by atoms with Crippen LogP contribution >= 0.6 is 0 Å². The first-order chi connectivity index (χ1) is 5.31. The van der Waals surface area contributed by atoms with E-state index in [0.29, 0.717) is 13.3 Å². The highest BCUT2D eigenvalue weighted by Gasteiger charge is 1.95. The second kappa shape index (κ2) is 7.55. The summed E-state index contributed by atoms with van der Waals surface area (Å²) < 4.78 is 4.91. The van der Waals surface area contributed by atoms with Gasteiger partial charge in [0, 0.05) is 0 Å². The summed E-state index contributed by atoms with van der Waals surface area (Å²) in [5.41, 5.74) is 2.65. The Morgan fingerprint density at radius 3 is 2.91 bits per heavy atom. The van der Waals surface area contributed by atoms with Crippen LogP contribution in [0.25, 0.3) is 0 Å². The standard InChI is InChI=1S/C8H15NO2/c1-4-6-10-7-9-11-8(3)5-2/h1,8-9H,5-7H2,2-3H3. The van der Waals surface area contributed by atoms with Crippen LogP contribution in [0.2, 0.25) is 0 Å². The predicted molar refractivity (Wildman–Crippen MR) is 43.6 cm³/mol. The number of nitrogens with one attached hydrogen (secondary N) is 1. The van der Waals surface area contributed by atoms with Gasteiger partial charge in [-0.25, -0.2) is 0 Å². The predicted octanol–water partition coefficient (Wildman–Crippen LogP) is 0.913. The Morgan fingerprint density at radius 2 is 2.36 bits per heavy atom. The van der Waals surface area contributed by atoms with Crippen LogP contribution in [0.5, 0.6) is 0 Å². The number of ether oxygens (including phenoxy) is 1. The van der Waals surface area contributed by atoms with Crippen LogP contribution in [0.15, 0.2) is 0 Å². The first-order valence-electron chi connectivity index (χ1n) is 3.71. The lowest BCUT2D eigenvalue weighted by atomic mass is 10.3. The fraction of sp³-hybridized carbons (Fsp3) is 0.750. The summed E-state index contributed by atoms with van der Waals surface area (Å²) >= 11 is 0. The Hall–Kier alpha value is -0.560. The molecule has 1 unspecified atom stereocenters. The molecule has 0 amide bonds. The maximum Gasteiger partial charge on any atom is 0.120 e. The summed E-state index contributed by atoms with van der Waals surface area (Å²) in [5, 5.41) is 0. The third-order valence-electron chi connectivity index (χ3n) is 1.21. The molecule has 1 N–H and O–H groups in total. The zero-order chi connectivity index (χ0) is 8.53. The highest BCUT2D eigenvalue weighted by atomic mass is 16.7. The van der Waals surface area contributed by atoms with Gasteiger partial charge in [-0.15, -0.1) is 6.42 Å². The minimum Gasteiger partial charge on any atom is -0.352 e. The Morgan fingerprint density at radius 1 is 1.64 bits per heavy atom. The van der Waals surface area contributed by atoms with E-state index in [2.05, 4.69) is 18.3 Å². The molecular weight excluding hydrogens is 142 g/mol. The van der Waals surface area contributed by atoms with Gasteiger partial charge in [0.2, 0.25) is 0 Å². The van der Waals surface area contributed by atoms with Crippen molar-refractivity contribution in [1.82, 2.24) is 5.48 Å². The fourth-order valence-electron chi connectivity index (χ4n) is 0.411. The van der Waals surface area contributed by atoms with Crippen molar-refractivity contribution in [3.05, 3.63) is 0 Å². The molecule has 64 valence electrons. The van der Waals surface area contributed by atoms with Crippen LogP contribution in [0.1, 0.15) is 20.3 Å². The molecule has 0 saturated heterocycles. The molecule has 0 rings (SSSR count). The molecule has 1 atom stereocenters. The van der Waals surface area contributed by atoms with Gasteiger partial charge in [0.05, 0.1) is 6.10 Å². The molecule has 0 spiro atoms. The summed E-state index contributed by atoms with van der Waals surface area (Å²) in [7, 11) is 0. The number of hydroxylamine groups is 1. The van der Waals surface area contributed by atoms with E-state index in [4.69, 9.17) is 16.0 Å². The molecule has 0 aliphatic carbocycles. The van der Waals surface area contributed by atoms with Crippen LogP contribution < -0.4 is 5.48 Å². The van der Waals surface area contributed by atoms with Gasteiger partial charge < -0.3 is 4.74 Å². The van der Waals surface area contributed by atoms with Crippen molar-refractivity contribution in [3.63, 3.8) is 0 Å². The zero-order valence-corrected chi connectivity index (χ0v) is 7.09. The van der Waals surface area contributed by atoms with Gasteiger partial charge in [-0.3, -0.25) is 4.84 Å². The van der Waals surface area contributed by atoms with E-state index in [-0.39, 0.29) is 6.10 Å². The first kappa shape index (κ1) is 10.4. The van der Waals surface area contributed by atoms with Gasteiger partial charge in [0.1, 0.15) is 13.3 Å². The van der Waals surface area contributed by atoms with Gasteiger partial charge in [-0.1, -0.05) is 12.8 Å². The summed E-state index contributed by atoms with van der Waals surface area (Å²) in [6, 6.07) is 0. The Balaban J connectivity index is 2.97. The lowest BCUT2D eigenvalue weighted by molar-refractivity contribution is -0.0641. The molecule has 3 heteroatoms. The quantitative estimate of drug-likeness (QED) is 0.269. The Kier molecular flexibility index (Phi) is 7.16. The average Bonchev–Trinajstić information content (AvgIpc) is 2.04. The molecule has 0 aromatic heterocycles. The Bertz CT molecular complexity index is 120. The van der Waals surface area contributed by atoms with Crippen LogP contribution in [0.3, 0.4) is 0 Å². The Labute approximate surface area is 68.0 Å². The van der Waals surface area contributed by atoms with Crippen molar-refractivity contribution >= 4 is 0 Å². The molecule has 0 saturated carbocycles. The van der Waals surface area contributed by atoms with E-state index in [1.165, 1.54) is 0 Å². The van der Waals surface area contributed by atoms with E-state index in [9.17, 15) is 0 Å². The molecule has 0 aliphatic heterocycles. The lowest BCUT2D eigenvalue weighted by Gasteiger charge is -2.10. The first-order valence-corrected chi connectivity index (χ1v) is 3.71. The van der Waals surface area contributed by atoms with Crippen molar-refractivity contribution in [3.8, 4) is 12.3 Å². The van der Waals surface area contributed by atoms with Gasteiger partial charge >= 0.3 is 0 Å². The minimum absolute atomic E-state index is 0.212. The molecule has 0 fully saturated rings. The van der Waals surface area contributed by atoms with Crippen LogP contribution in [-0.2, 0) is 9.57 Å². The second-order valence-electron chi connectivity index (χ2n) is 2.18. The van der Waals surface area contributed by atoms with Crippen molar-refractivity contribution < 1.29 is 9.57 Å². The van der Waals surface area contributed by atoms with E-state index < -0.39 is 0 Å². The molecule has 0 aromatic rings. The van der Waals surface area contributed by atoms with Crippen molar-refractivity contribution in [2.45, 2.75) is 26.4 Å². The smallest absolute Gasteiger partial charge is 0.120 e. The third-order valence-corrected chi connectivity index (χ3v) is 1.21. The zero-order valence-electron chi connectivity index (χ0n) is 7.09. The fourth-order valence-corrected chi connectivity index (χ4v) is 0.411. The molecule has 0 aliphatic rings. The van der Waals surface area contributed by atoms with E-state index in [0.717, 1.165) is 6.42 Å².